The van der Waals surface area contributed by atoms with Crippen LogP contribution in [-0.2, 0) is 16.1 Å². The Labute approximate surface area is 159 Å². The van der Waals surface area contributed by atoms with Crippen molar-refractivity contribution in [2.45, 2.75) is 13.0 Å². The predicted molar refractivity (Wildman–Crippen MR) is 98.3 cm³/mol. The minimum atomic E-state index is -0.502. The monoisotopic (exact) mass is 380 g/mol. The van der Waals surface area contributed by atoms with Crippen molar-refractivity contribution in [3.8, 4) is 11.4 Å². The Morgan fingerprint density at radius 1 is 1.29 bits per heavy atom. The van der Waals surface area contributed by atoms with Gasteiger partial charge in [0.25, 0.3) is 0 Å². The first kappa shape index (κ1) is 17.8. The number of rotatable bonds is 5. The van der Waals surface area contributed by atoms with Crippen molar-refractivity contribution in [1.82, 2.24) is 25.5 Å². The molecule has 1 saturated heterocycles. The highest BCUT2D eigenvalue weighted by molar-refractivity contribution is 6.00. The fraction of sp³-hybridized carbons (Fsp3) is 0.211. The molecule has 1 fully saturated rings. The Hall–Kier alpha value is -3.62. The van der Waals surface area contributed by atoms with E-state index < -0.39 is 11.7 Å². The first-order chi connectivity index (χ1) is 13.6. The number of carbonyl (C=O) groups is 2. The molecule has 2 N–H and O–H groups in total. The Balaban J connectivity index is 1.36. The van der Waals surface area contributed by atoms with Crippen LogP contribution in [0.2, 0.25) is 0 Å². The van der Waals surface area contributed by atoms with Gasteiger partial charge in [0.05, 0.1) is 12.5 Å². The molecule has 3 aromatic rings. The number of H-pyrrole nitrogens is 1. The van der Waals surface area contributed by atoms with E-state index in [1.807, 2.05) is 0 Å². The average Bonchev–Trinajstić information content (AvgIpc) is 3.34. The predicted octanol–water partition coefficient (Wildman–Crippen LogP) is 1.68. The van der Waals surface area contributed by atoms with Gasteiger partial charge >= 0.3 is 0 Å². The molecule has 8 nitrogen and oxygen atoms in total. The fourth-order valence-electron chi connectivity index (χ4n) is 3.10. The molecule has 0 spiro atoms. The third kappa shape index (κ3) is 3.73. The number of benzene rings is 1. The zero-order valence-corrected chi connectivity index (χ0v) is 14.8. The summed E-state index contributed by atoms with van der Waals surface area (Å²) in [7, 11) is 0. The number of pyridine rings is 1. The van der Waals surface area contributed by atoms with Crippen LogP contribution in [0.3, 0.4) is 0 Å². The van der Waals surface area contributed by atoms with Crippen molar-refractivity contribution in [3.63, 3.8) is 0 Å². The number of aromatic nitrogens is 4. The minimum Gasteiger partial charge on any atom is -0.349 e. The van der Waals surface area contributed by atoms with E-state index in [0.29, 0.717) is 17.3 Å². The minimum absolute atomic E-state index is 0.0843. The summed E-state index contributed by atoms with van der Waals surface area (Å²) in [6, 6.07) is 9.36. The molecule has 2 aromatic heterocycles. The Morgan fingerprint density at radius 3 is 2.89 bits per heavy atom. The van der Waals surface area contributed by atoms with Crippen LogP contribution in [0, 0.1) is 11.7 Å². The number of amides is 2. The molecule has 1 aromatic carbocycles. The van der Waals surface area contributed by atoms with Crippen LogP contribution in [0.4, 0.5) is 10.1 Å². The third-order valence-electron chi connectivity index (χ3n) is 4.52. The summed E-state index contributed by atoms with van der Waals surface area (Å²) in [4.78, 5) is 34.4. The molecule has 9 heteroatoms. The number of aromatic amines is 1. The van der Waals surface area contributed by atoms with Crippen LogP contribution in [0.15, 0.2) is 48.8 Å². The molecule has 1 unspecified atom stereocenters. The Bertz CT molecular complexity index is 1010. The second-order valence-electron chi connectivity index (χ2n) is 6.44. The molecule has 1 atom stereocenters. The van der Waals surface area contributed by atoms with Crippen molar-refractivity contribution in [3.05, 3.63) is 60.4 Å². The van der Waals surface area contributed by atoms with Gasteiger partial charge in [0.2, 0.25) is 11.8 Å². The van der Waals surface area contributed by atoms with Crippen molar-refractivity contribution in [2.24, 2.45) is 5.92 Å². The normalized spacial score (nSPS) is 16.4. The summed E-state index contributed by atoms with van der Waals surface area (Å²) >= 11 is 0. The molecular formula is C19H17FN6O2. The molecule has 0 aliphatic carbocycles. The Kier molecular flexibility index (Phi) is 4.79. The van der Waals surface area contributed by atoms with Crippen LogP contribution < -0.4 is 10.2 Å². The van der Waals surface area contributed by atoms with Gasteiger partial charge in [0.15, 0.2) is 5.82 Å². The summed E-state index contributed by atoms with van der Waals surface area (Å²) in [5, 5.41) is 9.68. The van der Waals surface area contributed by atoms with Crippen molar-refractivity contribution in [1.29, 1.82) is 0 Å². The van der Waals surface area contributed by atoms with E-state index in [1.54, 1.807) is 30.6 Å². The molecule has 3 heterocycles. The molecule has 1 aliphatic rings. The Morgan fingerprint density at radius 2 is 2.11 bits per heavy atom. The third-order valence-corrected chi connectivity index (χ3v) is 4.52. The number of nitrogens with one attached hydrogen (secondary N) is 2. The summed E-state index contributed by atoms with van der Waals surface area (Å²) in [6.07, 6.45) is 3.38. The summed E-state index contributed by atoms with van der Waals surface area (Å²) in [5.41, 5.74) is 1.27. The highest BCUT2D eigenvalue weighted by Gasteiger charge is 2.35. The molecule has 28 heavy (non-hydrogen) atoms. The van der Waals surface area contributed by atoms with Crippen LogP contribution in [0.1, 0.15) is 12.2 Å². The van der Waals surface area contributed by atoms with Gasteiger partial charge in [-0.15, -0.1) is 0 Å². The SMILES string of the molecule is O=C(NCc1nc(-c2ccncc2)n[nH]1)C1CC(=O)N(c2cccc(F)c2)C1. The number of hydrogen-bond donors (Lipinski definition) is 2. The molecule has 1 aliphatic heterocycles. The van der Waals surface area contributed by atoms with Crippen LogP contribution in [0.5, 0.6) is 0 Å². The van der Waals surface area contributed by atoms with Gasteiger partial charge in [0.1, 0.15) is 11.6 Å². The lowest BCUT2D eigenvalue weighted by Gasteiger charge is -2.16. The first-order valence-corrected chi connectivity index (χ1v) is 8.75. The molecular weight excluding hydrogens is 363 g/mol. The lowest BCUT2D eigenvalue weighted by Crippen LogP contribution is -2.32. The number of anilines is 1. The van der Waals surface area contributed by atoms with Gasteiger partial charge in [-0.2, -0.15) is 5.10 Å². The molecule has 0 radical (unpaired) electrons. The van der Waals surface area contributed by atoms with E-state index in [4.69, 9.17) is 0 Å². The van der Waals surface area contributed by atoms with E-state index in [0.717, 1.165) is 5.56 Å². The van der Waals surface area contributed by atoms with Crippen LogP contribution >= 0.6 is 0 Å². The maximum absolute atomic E-state index is 13.4. The highest BCUT2D eigenvalue weighted by Crippen LogP contribution is 2.25. The van der Waals surface area contributed by atoms with E-state index in [2.05, 4.69) is 25.5 Å². The summed E-state index contributed by atoms with van der Waals surface area (Å²) < 4.78 is 13.4. The second kappa shape index (κ2) is 7.55. The molecule has 0 saturated carbocycles. The molecule has 0 bridgehead atoms. The topological polar surface area (TPSA) is 104 Å². The maximum atomic E-state index is 13.4. The van der Waals surface area contributed by atoms with Gasteiger partial charge in [-0.1, -0.05) is 6.07 Å². The second-order valence-corrected chi connectivity index (χ2v) is 6.44. The first-order valence-electron chi connectivity index (χ1n) is 8.75. The molecule has 4 rings (SSSR count). The molecule has 2 amide bonds. The number of hydrogen-bond acceptors (Lipinski definition) is 5. The summed E-state index contributed by atoms with van der Waals surface area (Å²) in [5.74, 6) is -0.363. The lowest BCUT2D eigenvalue weighted by molar-refractivity contribution is -0.126. The van der Waals surface area contributed by atoms with E-state index >= 15 is 0 Å². The van der Waals surface area contributed by atoms with Crippen molar-refractivity contribution >= 4 is 17.5 Å². The zero-order chi connectivity index (χ0) is 19.5. The van der Waals surface area contributed by atoms with E-state index in [9.17, 15) is 14.0 Å². The highest BCUT2D eigenvalue weighted by atomic mass is 19.1. The van der Waals surface area contributed by atoms with Gasteiger partial charge < -0.3 is 10.2 Å². The lowest BCUT2D eigenvalue weighted by atomic mass is 10.1. The summed E-state index contributed by atoms with van der Waals surface area (Å²) in [6.45, 7) is 0.383. The van der Waals surface area contributed by atoms with E-state index in [-0.39, 0.29) is 31.3 Å². The quantitative estimate of drug-likeness (QED) is 0.701. The fourth-order valence-corrected chi connectivity index (χ4v) is 3.10. The maximum Gasteiger partial charge on any atom is 0.227 e. The van der Waals surface area contributed by atoms with E-state index in [1.165, 1.54) is 23.1 Å². The zero-order valence-electron chi connectivity index (χ0n) is 14.8. The van der Waals surface area contributed by atoms with Gasteiger partial charge in [-0.25, -0.2) is 9.37 Å². The van der Waals surface area contributed by atoms with Gasteiger partial charge in [0, 0.05) is 36.6 Å². The number of carbonyl (C=O) groups excluding carboxylic acids is 2. The van der Waals surface area contributed by atoms with Gasteiger partial charge in [-0.3, -0.25) is 19.7 Å². The number of halogens is 1. The standard InChI is InChI=1S/C19H17FN6O2/c20-14-2-1-3-15(9-14)26-11-13(8-17(26)27)19(28)22-10-16-23-18(25-24-16)12-4-6-21-7-5-12/h1-7,9,13H,8,10-11H2,(H,22,28)(H,23,24,25). The van der Waals surface area contributed by atoms with Crippen molar-refractivity contribution in [2.75, 3.05) is 11.4 Å². The number of nitrogens with zero attached hydrogens (tertiary/aromatic N) is 4. The van der Waals surface area contributed by atoms with Crippen molar-refractivity contribution < 1.29 is 14.0 Å². The van der Waals surface area contributed by atoms with Crippen LogP contribution in [-0.4, -0.2) is 38.5 Å². The smallest absolute Gasteiger partial charge is 0.227 e. The largest absolute Gasteiger partial charge is 0.349 e. The van der Waals surface area contributed by atoms with Crippen LogP contribution in [0.25, 0.3) is 11.4 Å². The average molecular weight is 380 g/mol. The van der Waals surface area contributed by atoms with Gasteiger partial charge in [-0.05, 0) is 30.3 Å². The molecule has 142 valence electrons.